The first kappa shape index (κ1) is 38.5. The Labute approximate surface area is 299 Å². The number of fused-ring (bicyclic) bond motifs is 2. The molecule has 4 aromatic rings. The summed E-state index contributed by atoms with van der Waals surface area (Å²) in [5.41, 5.74) is 6.03. The molecule has 4 aromatic carbocycles. The third-order valence-corrected chi connectivity index (χ3v) is 9.34. The van der Waals surface area contributed by atoms with E-state index in [0.717, 1.165) is 83.8 Å². The maximum atomic E-state index is 12.7. The van der Waals surface area contributed by atoms with Gasteiger partial charge in [0, 0.05) is 23.9 Å². The molecule has 0 bridgehead atoms. The smallest absolute Gasteiger partial charge is 0.416 e. The number of aliphatic imine (C=N–C) groups is 1. The zero-order valence-electron chi connectivity index (χ0n) is 29.5. The predicted molar refractivity (Wildman–Crippen MR) is 188 cm³/mol. The Bertz CT molecular complexity index is 1840. The lowest BCUT2D eigenvalue weighted by atomic mass is 9.90. The second-order valence-electron chi connectivity index (χ2n) is 12.5. The van der Waals surface area contributed by atoms with Crippen molar-refractivity contribution in [2.75, 3.05) is 41.5 Å². The van der Waals surface area contributed by atoms with Gasteiger partial charge in [-0.05, 0) is 121 Å². The van der Waals surface area contributed by atoms with Gasteiger partial charge in [0.2, 0.25) is 0 Å². The van der Waals surface area contributed by atoms with Crippen LogP contribution in [-0.2, 0) is 38.0 Å². The maximum Gasteiger partial charge on any atom is 0.416 e. The molecule has 0 saturated carbocycles. The largest absolute Gasteiger partial charge is 0.493 e. The van der Waals surface area contributed by atoms with Crippen LogP contribution in [0.25, 0.3) is 0 Å². The molecule has 1 atom stereocenters. The molecule has 0 saturated heterocycles. The molecule has 0 spiro atoms. The fourth-order valence-electron chi connectivity index (χ4n) is 6.53. The van der Waals surface area contributed by atoms with E-state index in [-0.39, 0.29) is 6.04 Å². The van der Waals surface area contributed by atoms with Crippen molar-refractivity contribution in [3.63, 3.8) is 0 Å². The van der Waals surface area contributed by atoms with Crippen LogP contribution < -0.4 is 24.3 Å². The van der Waals surface area contributed by atoms with Crippen LogP contribution in [0.3, 0.4) is 0 Å². The summed E-state index contributed by atoms with van der Waals surface area (Å²) < 4.78 is 97.4. The number of hydrogen-bond donors (Lipinski definition) is 1. The highest BCUT2D eigenvalue weighted by Crippen LogP contribution is 2.37. The van der Waals surface area contributed by atoms with E-state index in [0.29, 0.717) is 43.1 Å². The predicted octanol–water partition coefficient (Wildman–Crippen LogP) is 9.24. The maximum absolute atomic E-state index is 12.7. The zero-order chi connectivity index (χ0) is 37.5. The van der Waals surface area contributed by atoms with Crippen LogP contribution in [0.4, 0.5) is 26.3 Å². The minimum absolute atomic E-state index is 0.140. The number of rotatable bonds is 10. The normalized spacial score (nSPS) is 15.3. The Morgan fingerprint density at radius 3 is 1.65 bits per heavy atom. The first-order valence-corrected chi connectivity index (χ1v) is 16.9. The molecule has 2 aliphatic heterocycles. The van der Waals surface area contributed by atoms with Crippen LogP contribution in [0.5, 0.6) is 23.0 Å². The van der Waals surface area contributed by atoms with Crippen LogP contribution in [-0.4, -0.2) is 47.2 Å². The molecule has 6 nitrogen and oxygen atoms in total. The summed E-state index contributed by atoms with van der Waals surface area (Å²) in [6, 6.07) is 18.8. The SMILES string of the molecule is COc1cc2c(cc1OC)C(CCc1ccc(C(F)(F)F)cc1)=NCC2.COc1cc2c(cc1OC)[C@H](CCc1ccc(C(F)(F)F)cc1)NCC2. The monoisotopic (exact) mass is 728 g/mol. The number of benzene rings is 4. The Hall–Kier alpha value is -4.71. The first-order chi connectivity index (χ1) is 24.8. The Kier molecular flexibility index (Phi) is 12.4. The van der Waals surface area contributed by atoms with Gasteiger partial charge in [0.1, 0.15) is 0 Å². The molecule has 12 heteroatoms. The molecule has 1 N–H and O–H groups in total. The molecule has 2 aliphatic rings. The number of methoxy groups -OCH3 is 4. The highest BCUT2D eigenvalue weighted by molar-refractivity contribution is 6.03. The van der Waals surface area contributed by atoms with Crippen LogP contribution in [0.2, 0.25) is 0 Å². The van der Waals surface area contributed by atoms with Crippen LogP contribution in [0, 0.1) is 0 Å². The third-order valence-electron chi connectivity index (χ3n) is 9.34. The fourth-order valence-corrected chi connectivity index (χ4v) is 6.53. The van der Waals surface area contributed by atoms with Crippen LogP contribution >= 0.6 is 0 Å². The van der Waals surface area contributed by atoms with Gasteiger partial charge in [-0.3, -0.25) is 4.99 Å². The van der Waals surface area contributed by atoms with E-state index < -0.39 is 23.5 Å². The molecule has 0 unspecified atom stereocenters. The minimum Gasteiger partial charge on any atom is -0.493 e. The highest BCUT2D eigenvalue weighted by Gasteiger charge is 2.31. The lowest BCUT2D eigenvalue weighted by Gasteiger charge is -2.28. The second-order valence-corrected chi connectivity index (χ2v) is 12.5. The van der Waals surface area contributed by atoms with Gasteiger partial charge in [0.25, 0.3) is 0 Å². The van der Waals surface area contributed by atoms with Crippen LogP contribution in [0.1, 0.15) is 63.4 Å². The molecule has 0 amide bonds. The first-order valence-electron chi connectivity index (χ1n) is 16.9. The zero-order valence-corrected chi connectivity index (χ0v) is 29.5. The topological polar surface area (TPSA) is 61.3 Å². The van der Waals surface area contributed by atoms with Gasteiger partial charge in [-0.2, -0.15) is 26.3 Å². The summed E-state index contributed by atoms with van der Waals surface area (Å²) >= 11 is 0. The van der Waals surface area contributed by atoms with Gasteiger partial charge < -0.3 is 24.3 Å². The van der Waals surface area contributed by atoms with Crippen molar-refractivity contribution in [1.82, 2.24) is 5.32 Å². The standard InChI is InChI=1S/C20H22F3NO2.C20H20F3NO2/c2*1-25-18-11-14-9-10-24-17(16(14)12-19(18)26-2)8-5-13-3-6-15(7-4-13)20(21,22)23/h3-4,6-7,11-12,17,24H,5,8-10H2,1-2H3;3-4,6-7,11-12H,5,8-10H2,1-2H3/t17-;/m0./s1. The second kappa shape index (κ2) is 16.8. The quantitative estimate of drug-likeness (QED) is 0.165. The molecule has 52 heavy (non-hydrogen) atoms. The van der Waals surface area contributed by atoms with Gasteiger partial charge in [-0.1, -0.05) is 24.3 Å². The van der Waals surface area contributed by atoms with E-state index in [1.54, 1.807) is 40.6 Å². The summed E-state index contributed by atoms with van der Waals surface area (Å²) in [6.07, 6.45) is -4.07. The van der Waals surface area contributed by atoms with E-state index in [2.05, 4.69) is 10.3 Å². The Balaban J connectivity index is 0.000000201. The average Bonchev–Trinajstić information content (AvgIpc) is 3.14. The molecule has 0 aliphatic carbocycles. The van der Waals surface area contributed by atoms with Crippen molar-refractivity contribution in [2.24, 2.45) is 4.99 Å². The van der Waals surface area contributed by atoms with Crippen molar-refractivity contribution in [3.05, 3.63) is 117 Å². The van der Waals surface area contributed by atoms with E-state index in [1.807, 2.05) is 24.3 Å². The Morgan fingerprint density at radius 2 is 1.12 bits per heavy atom. The number of halogens is 6. The molecule has 278 valence electrons. The molecule has 6 rings (SSSR count). The fraction of sp³-hybridized carbons (Fsp3) is 0.375. The number of aryl methyl sites for hydroxylation is 2. The number of nitrogens with one attached hydrogen (secondary N) is 1. The molecular weight excluding hydrogens is 686 g/mol. The number of nitrogens with zero attached hydrogens (tertiary/aromatic N) is 1. The summed E-state index contributed by atoms with van der Waals surface area (Å²) in [7, 11) is 6.42. The molecular formula is C40H42F6N2O4. The van der Waals surface area contributed by atoms with E-state index in [9.17, 15) is 26.3 Å². The summed E-state index contributed by atoms with van der Waals surface area (Å²) in [5, 5.41) is 3.49. The van der Waals surface area contributed by atoms with Gasteiger partial charge in [0.05, 0.1) is 39.6 Å². The molecule has 0 radical (unpaired) electrons. The van der Waals surface area contributed by atoms with E-state index in [4.69, 9.17) is 18.9 Å². The summed E-state index contributed by atoms with van der Waals surface area (Å²) in [6.45, 7) is 1.56. The third kappa shape index (κ3) is 9.39. The molecule has 0 fully saturated rings. The summed E-state index contributed by atoms with van der Waals surface area (Å²) in [4.78, 5) is 4.61. The van der Waals surface area contributed by atoms with Gasteiger partial charge in [-0.15, -0.1) is 0 Å². The molecule has 0 aromatic heterocycles. The van der Waals surface area contributed by atoms with Gasteiger partial charge in [-0.25, -0.2) is 0 Å². The number of ether oxygens (including phenoxy) is 4. The van der Waals surface area contributed by atoms with Gasteiger partial charge >= 0.3 is 12.4 Å². The number of hydrogen-bond acceptors (Lipinski definition) is 6. The lowest BCUT2D eigenvalue weighted by Crippen LogP contribution is -2.30. The van der Waals surface area contributed by atoms with Crippen molar-refractivity contribution >= 4 is 5.71 Å². The van der Waals surface area contributed by atoms with Crippen molar-refractivity contribution in [2.45, 2.75) is 56.9 Å². The summed E-state index contributed by atoms with van der Waals surface area (Å²) in [5.74, 6) is 2.75. The molecule has 2 heterocycles. The number of alkyl halides is 6. The Morgan fingerprint density at radius 1 is 0.615 bits per heavy atom. The van der Waals surface area contributed by atoms with Crippen LogP contribution in [0.15, 0.2) is 77.8 Å². The average molecular weight is 729 g/mol. The van der Waals surface area contributed by atoms with Crippen molar-refractivity contribution < 1.29 is 45.3 Å². The van der Waals surface area contributed by atoms with Crippen molar-refractivity contribution in [3.8, 4) is 23.0 Å². The van der Waals surface area contributed by atoms with E-state index >= 15 is 0 Å². The highest BCUT2D eigenvalue weighted by atomic mass is 19.4. The van der Waals surface area contributed by atoms with E-state index in [1.165, 1.54) is 23.3 Å². The lowest BCUT2D eigenvalue weighted by molar-refractivity contribution is -0.138. The minimum atomic E-state index is -4.31. The van der Waals surface area contributed by atoms with Crippen molar-refractivity contribution in [1.29, 1.82) is 0 Å². The van der Waals surface area contributed by atoms with Gasteiger partial charge in [0.15, 0.2) is 23.0 Å².